The third kappa shape index (κ3) is 4.09. The molecule has 25 heavy (non-hydrogen) atoms. The summed E-state index contributed by atoms with van der Waals surface area (Å²) < 4.78 is 5.12. The van der Waals surface area contributed by atoms with Crippen molar-refractivity contribution in [3.63, 3.8) is 0 Å². The van der Waals surface area contributed by atoms with Gasteiger partial charge in [0, 0.05) is 11.1 Å². The second-order valence-electron chi connectivity index (χ2n) is 5.57. The number of aryl methyl sites for hydroxylation is 1. The monoisotopic (exact) mass is 353 g/mol. The first kappa shape index (κ1) is 17.2. The first-order valence-electron chi connectivity index (χ1n) is 7.92. The van der Waals surface area contributed by atoms with E-state index in [-0.39, 0.29) is 11.2 Å². The van der Waals surface area contributed by atoms with Crippen LogP contribution in [0.1, 0.15) is 12.7 Å². The molecule has 1 unspecified atom stereocenters. The van der Waals surface area contributed by atoms with E-state index in [0.717, 1.165) is 27.4 Å². The number of rotatable bonds is 5. The number of carbonyl (C=O) groups excluding carboxylic acids is 1. The van der Waals surface area contributed by atoms with Gasteiger partial charge in [0.1, 0.15) is 16.6 Å². The van der Waals surface area contributed by atoms with Gasteiger partial charge in [0.15, 0.2) is 0 Å². The van der Waals surface area contributed by atoms with Crippen LogP contribution in [0.2, 0.25) is 0 Å². The number of ether oxygens (including phenoxy) is 1. The number of hydrogen-bond acceptors (Lipinski definition) is 5. The van der Waals surface area contributed by atoms with Crippen molar-refractivity contribution in [2.45, 2.75) is 24.1 Å². The van der Waals surface area contributed by atoms with Gasteiger partial charge in [0.2, 0.25) is 5.91 Å². The number of para-hydroxylation sites is 1. The van der Waals surface area contributed by atoms with Crippen LogP contribution in [-0.2, 0) is 4.79 Å². The number of nitrogens with zero attached hydrogens (tertiary/aromatic N) is 2. The summed E-state index contributed by atoms with van der Waals surface area (Å²) in [5.41, 5.74) is 1.63. The predicted octanol–water partition coefficient (Wildman–Crippen LogP) is 4.07. The molecule has 0 saturated carbocycles. The Bertz CT molecular complexity index is 897. The number of amides is 1. The number of thioether (sulfide) groups is 1. The molecule has 5 nitrogen and oxygen atoms in total. The van der Waals surface area contributed by atoms with E-state index in [1.54, 1.807) is 7.11 Å². The van der Waals surface area contributed by atoms with E-state index >= 15 is 0 Å². The summed E-state index contributed by atoms with van der Waals surface area (Å²) in [5.74, 6) is 1.38. The first-order valence-corrected chi connectivity index (χ1v) is 8.80. The number of nitrogens with one attached hydrogen (secondary N) is 1. The van der Waals surface area contributed by atoms with Crippen LogP contribution in [0.3, 0.4) is 0 Å². The first-order chi connectivity index (χ1) is 12.1. The maximum atomic E-state index is 12.5. The molecule has 1 N–H and O–H groups in total. The lowest BCUT2D eigenvalue weighted by Crippen LogP contribution is -2.22. The van der Waals surface area contributed by atoms with E-state index in [1.165, 1.54) is 11.8 Å². The highest BCUT2D eigenvalue weighted by molar-refractivity contribution is 8.00. The van der Waals surface area contributed by atoms with E-state index in [2.05, 4.69) is 15.3 Å². The molecule has 1 atom stereocenters. The maximum absolute atomic E-state index is 12.5. The van der Waals surface area contributed by atoms with Crippen LogP contribution in [-0.4, -0.2) is 28.2 Å². The lowest BCUT2D eigenvalue weighted by molar-refractivity contribution is -0.115. The number of carbonyl (C=O) groups is 1. The molecular weight excluding hydrogens is 334 g/mol. The Hall–Kier alpha value is -2.60. The average molecular weight is 353 g/mol. The van der Waals surface area contributed by atoms with Gasteiger partial charge in [-0.3, -0.25) is 4.79 Å². The fraction of sp³-hybridized carbons (Fsp3) is 0.211. The molecule has 3 rings (SSSR count). The SMILES string of the molecule is COc1ccc(NC(=O)C(C)Sc2nc(C)nc3ccccc23)cc1. The number of hydrogen-bond donors (Lipinski definition) is 1. The molecule has 1 aromatic heterocycles. The fourth-order valence-corrected chi connectivity index (χ4v) is 3.37. The van der Waals surface area contributed by atoms with Crippen LogP contribution in [0.15, 0.2) is 53.6 Å². The van der Waals surface area contributed by atoms with Gasteiger partial charge in [-0.25, -0.2) is 9.97 Å². The summed E-state index contributed by atoms with van der Waals surface area (Å²) in [6.45, 7) is 3.73. The molecule has 0 aliphatic heterocycles. The van der Waals surface area contributed by atoms with Gasteiger partial charge in [-0.05, 0) is 44.2 Å². The zero-order chi connectivity index (χ0) is 17.8. The quantitative estimate of drug-likeness (QED) is 0.553. The molecule has 1 heterocycles. The largest absolute Gasteiger partial charge is 0.497 e. The molecular formula is C19H19N3O2S. The van der Waals surface area contributed by atoms with Gasteiger partial charge in [0.25, 0.3) is 0 Å². The Balaban J connectivity index is 1.75. The van der Waals surface area contributed by atoms with Crippen molar-refractivity contribution in [2.24, 2.45) is 0 Å². The van der Waals surface area contributed by atoms with Crippen molar-refractivity contribution in [1.29, 1.82) is 0 Å². The van der Waals surface area contributed by atoms with E-state index in [4.69, 9.17) is 4.74 Å². The van der Waals surface area contributed by atoms with Gasteiger partial charge in [0.05, 0.1) is 17.9 Å². The van der Waals surface area contributed by atoms with Crippen LogP contribution < -0.4 is 10.1 Å². The topological polar surface area (TPSA) is 64.1 Å². The van der Waals surface area contributed by atoms with Crippen LogP contribution in [0.4, 0.5) is 5.69 Å². The molecule has 1 amide bonds. The second kappa shape index (κ2) is 7.53. The molecule has 0 radical (unpaired) electrons. The lowest BCUT2D eigenvalue weighted by atomic mass is 10.2. The van der Waals surface area contributed by atoms with Crippen LogP contribution in [0.5, 0.6) is 5.75 Å². The standard InChI is InChI=1S/C19H19N3O2S/c1-12(18(23)22-14-8-10-15(24-3)11-9-14)25-19-16-6-4-5-7-17(16)20-13(2)21-19/h4-12H,1-3H3,(H,22,23). The number of fused-ring (bicyclic) bond motifs is 1. The predicted molar refractivity (Wildman–Crippen MR) is 101 cm³/mol. The van der Waals surface area contributed by atoms with E-state index in [9.17, 15) is 4.79 Å². The Morgan fingerprint density at radius 2 is 1.84 bits per heavy atom. The molecule has 0 saturated heterocycles. The van der Waals surface area contributed by atoms with Crippen molar-refractivity contribution >= 4 is 34.3 Å². The smallest absolute Gasteiger partial charge is 0.237 e. The Morgan fingerprint density at radius 1 is 1.12 bits per heavy atom. The summed E-state index contributed by atoms with van der Waals surface area (Å²) >= 11 is 1.43. The number of methoxy groups -OCH3 is 1. The molecule has 0 aliphatic carbocycles. The molecule has 6 heteroatoms. The van der Waals surface area contributed by atoms with Crippen molar-refractivity contribution < 1.29 is 9.53 Å². The molecule has 0 aliphatic rings. The van der Waals surface area contributed by atoms with Crippen molar-refractivity contribution in [3.05, 3.63) is 54.4 Å². The van der Waals surface area contributed by atoms with Crippen LogP contribution in [0.25, 0.3) is 10.9 Å². The minimum atomic E-state index is -0.292. The third-order valence-electron chi connectivity index (χ3n) is 3.70. The van der Waals surface area contributed by atoms with Gasteiger partial charge < -0.3 is 10.1 Å². The van der Waals surface area contributed by atoms with Crippen molar-refractivity contribution in [3.8, 4) is 5.75 Å². The Kier molecular flexibility index (Phi) is 5.19. The van der Waals surface area contributed by atoms with Crippen LogP contribution >= 0.6 is 11.8 Å². The van der Waals surface area contributed by atoms with E-state index in [0.29, 0.717) is 5.82 Å². The van der Waals surface area contributed by atoms with E-state index in [1.807, 2.05) is 62.4 Å². The third-order valence-corrected chi connectivity index (χ3v) is 4.80. The highest BCUT2D eigenvalue weighted by atomic mass is 32.2. The fourth-order valence-electron chi connectivity index (χ4n) is 2.39. The molecule has 0 spiro atoms. The second-order valence-corrected chi connectivity index (χ2v) is 6.90. The number of benzene rings is 2. The highest BCUT2D eigenvalue weighted by Crippen LogP contribution is 2.29. The molecule has 128 valence electrons. The highest BCUT2D eigenvalue weighted by Gasteiger charge is 2.17. The van der Waals surface area contributed by atoms with Gasteiger partial charge in [-0.2, -0.15) is 0 Å². The van der Waals surface area contributed by atoms with Gasteiger partial charge in [-0.15, -0.1) is 0 Å². The molecule has 2 aromatic carbocycles. The van der Waals surface area contributed by atoms with E-state index < -0.39 is 0 Å². The van der Waals surface area contributed by atoms with Crippen LogP contribution in [0, 0.1) is 6.92 Å². The lowest BCUT2D eigenvalue weighted by Gasteiger charge is -2.13. The maximum Gasteiger partial charge on any atom is 0.237 e. The average Bonchev–Trinajstić information content (AvgIpc) is 2.62. The zero-order valence-electron chi connectivity index (χ0n) is 14.3. The van der Waals surface area contributed by atoms with Crippen molar-refractivity contribution in [1.82, 2.24) is 9.97 Å². The summed E-state index contributed by atoms with van der Waals surface area (Å²) in [6, 6.07) is 15.1. The molecule has 0 bridgehead atoms. The van der Waals surface area contributed by atoms with Crippen molar-refractivity contribution in [2.75, 3.05) is 12.4 Å². The summed E-state index contributed by atoms with van der Waals surface area (Å²) in [4.78, 5) is 21.4. The molecule has 0 fully saturated rings. The summed E-state index contributed by atoms with van der Waals surface area (Å²) in [7, 11) is 1.61. The Morgan fingerprint density at radius 3 is 2.56 bits per heavy atom. The van der Waals surface area contributed by atoms with Gasteiger partial charge in [-0.1, -0.05) is 30.0 Å². The summed E-state index contributed by atoms with van der Waals surface area (Å²) in [6.07, 6.45) is 0. The number of anilines is 1. The molecule has 3 aromatic rings. The zero-order valence-corrected chi connectivity index (χ0v) is 15.1. The number of aromatic nitrogens is 2. The minimum absolute atomic E-state index is 0.0736. The summed E-state index contributed by atoms with van der Waals surface area (Å²) in [5, 5.41) is 4.41. The minimum Gasteiger partial charge on any atom is -0.497 e. The van der Waals surface area contributed by atoms with Gasteiger partial charge >= 0.3 is 0 Å². The Labute approximate surface area is 150 Å². The normalized spacial score (nSPS) is 12.0.